The highest BCUT2D eigenvalue weighted by Crippen LogP contribution is 2.22. The quantitative estimate of drug-likeness (QED) is 0.486. The van der Waals surface area contributed by atoms with Gasteiger partial charge in [-0.1, -0.05) is 23.8 Å². The van der Waals surface area contributed by atoms with Crippen LogP contribution < -0.4 is 21.3 Å². The SMILES string of the molecule is Cc1cc(C)c(NC(=O)CSC2NC(=O)CC(CC(=O)NCc3cccs3)N2)c(C)c1. The van der Waals surface area contributed by atoms with E-state index in [4.69, 9.17) is 0 Å². The lowest BCUT2D eigenvalue weighted by molar-refractivity contribution is -0.125. The maximum atomic E-state index is 12.4. The third-order valence-corrected chi connectivity index (χ3v) is 6.80. The standard InChI is InChI=1S/C22H28N4O3S2/c1-13-7-14(2)21(15(3)8-13)25-20(29)12-31-22-24-16(10-19(28)26-22)9-18(27)23-11-17-5-4-6-30-17/h4-8,16,22,24H,9-12H2,1-3H3,(H,23,27)(H,25,29)(H,26,28). The van der Waals surface area contributed by atoms with E-state index in [0.717, 1.165) is 27.3 Å². The molecule has 9 heteroatoms. The van der Waals surface area contributed by atoms with Crippen molar-refractivity contribution in [2.24, 2.45) is 0 Å². The molecule has 0 saturated carbocycles. The largest absolute Gasteiger partial charge is 0.351 e. The van der Waals surface area contributed by atoms with Crippen molar-refractivity contribution in [2.75, 3.05) is 11.1 Å². The highest BCUT2D eigenvalue weighted by molar-refractivity contribution is 8.00. The fraction of sp³-hybridized carbons (Fsp3) is 0.409. The van der Waals surface area contributed by atoms with Crippen molar-refractivity contribution in [3.63, 3.8) is 0 Å². The van der Waals surface area contributed by atoms with E-state index in [0.29, 0.717) is 6.54 Å². The first-order valence-electron chi connectivity index (χ1n) is 10.1. The molecule has 0 radical (unpaired) electrons. The normalized spacial score (nSPS) is 18.4. The topological polar surface area (TPSA) is 99.3 Å². The van der Waals surface area contributed by atoms with E-state index in [2.05, 4.69) is 21.3 Å². The first-order valence-corrected chi connectivity index (χ1v) is 12.1. The molecule has 1 aromatic heterocycles. The average Bonchev–Trinajstić information content (AvgIpc) is 3.21. The summed E-state index contributed by atoms with van der Waals surface area (Å²) in [4.78, 5) is 37.8. The third kappa shape index (κ3) is 7.09. The van der Waals surface area contributed by atoms with Gasteiger partial charge in [-0.3, -0.25) is 19.7 Å². The second-order valence-electron chi connectivity index (χ2n) is 7.71. The number of carbonyl (C=O) groups is 3. The monoisotopic (exact) mass is 460 g/mol. The Morgan fingerprint density at radius 2 is 1.94 bits per heavy atom. The number of hydrogen-bond donors (Lipinski definition) is 4. The van der Waals surface area contributed by atoms with Crippen LogP contribution in [0, 0.1) is 20.8 Å². The number of anilines is 1. The molecule has 0 aliphatic carbocycles. The molecular weight excluding hydrogens is 432 g/mol. The van der Waals surface area contributed by atoms with Gasteiger partial charge in [-0.15, -0.1) is 23.1 Å². The lowest BCUT2D eigenvalue weighted by atomic mass is 10.1. The minimum absolute atomic E-state index is 0.104. The highest BCUT2D eigenvalue weighted by atomic mass is 32.2. The van der Waals surface area contributed by atoms with Crippen LogP contribution in [-0.2, 0) is 20.9 Å². The summed E-state index contributed by atoms with van der Waals surface area (Å²) in [5.41, 5.74) is 3.61. The van der Waals surface area contributed by atoms with E-state index in [1.54, 1.807) is 11.3 Å². The maximum Gasteiger partial charge on any atom is 0.234 e. The number of rotatable bonds is 8. The van der Waals surface area contributed by atoms with Gasteiger partial charge in [-0.25, -0.2) is 0 Å². The lowest BCUT2D eigenvalue weighted by Gasteiger charge is -2.30. The molecule has 0 bridgehead atoms. The minimum atomic E-state index is -0.415. The fourth-order valence-corrected chi connectivity index (χ4v) is 5.11. The molecule has 0 spiro atoms. The maximum absolute atomic E-state index is 12.4. The Kier molecular flexibility index (Phi) is 8.11. The zero-order valence-corrected chi connectivity index (χ0v) is 19.5. The molecule has 1 saturated heterocycles. The summed E-state index contributed by atoms with van der Waals surface area (Å²) in [6.07, 6.45) is 0.446. The molecule has 2 atom stereocenters. The molecule has 2 heterocycles. The fourth-order valence-electron chi connectivity index (χ4n) is 3.57. The highest BCUT2D eigenvalue weighted by Gasteiger charge is 2.28. The summed E-state index contributed by atoms with van der Waals surface area (Å²) in [7, 11) is 0. The molecule has 31 heavy (non-hydrogen) atoms. The van der Waals surface area contributed by atoms with Crippen LogP contribution in [0.5, 0.6) is 0 Å². The third-order valence-electron chi connectivity index (χ3n) is 4.91. The molecule has 3 rings (SSSR count). The van der Waals surface area contributed by atoms with Crippen LogP contribution in [0.15, 0.2) is 29.6 Å². The summed E-state index contributed by atoms with van der Waals surface area (Å²) in [5, 5.41) is 13.9. The van der Waals surface area contributed by atoms with Gasteiger partial charge in [0.25, 0.3) is 0 Å². The number of hydrogen-bond acceptors (Lipinski definition) is 6. The van der Waals surface area contributed by atoms with E-state index in [1.807, 2.05) is 50.4 Å². The number of carbonyl (C=O) groups excluding carboxylic acids is 3. The summed E-state index contributed by atoms with van der Waals surface area (Å²) in [6, 6.07) is 7.71. The Balaban J connectivity index is 1.46. The van der Waals surface area contributed by atoms with Gasteiger partial charge in [0.2, 0.25) is 17.7 Å². The number of amides is 3. The van der Waals surface area contributed by atoms with Gasteiger partial charge in [0.05, 0.1) is 12.3 Å². The number of aryl methyl sites for hydroxylation is 3. The molecule has 1 fully saturated rings. The first kappa shape index (κ1) is 23.3. The van der Waals surface area contributed by atoms with Crippen molar-refractivity contribution in [3.8, 4) is 0 Å². The lowest BCUT2D eigenvalue weighted by Crippen LogP contribution is -2.56. The van der Waals surface area contributed by atoms with E-state index in [9.17, 15) is 14.4 Å². The Bertz CT molecular complexity index is 923. The van der Waals surface area contributed by atoms with Gasteiger partial charge >= 0.3 is 0 Å². The molecule has 1 aliphatic heterocycles. The second kappa shape index (κ2) is 10.8. The van der Waals surface area contributed by atoms with Crippen LogP contribution in [0.4, 0.5) is 5.69 Å². The molecule has 2 unspecified atom stereocenters. The summed E-state index contributed by atoms with van der Waals surface area (Å²) >= 11 is 2.89. The van der Waals surface area contributed by atoms with Crippen LogP contribution >= 0.6 is 23.1 Å². The van der Waals surface area contributed by atoms with Crippen molar-refractivity contribution >= 4 is 46.5 Å². The molecule has 2 aromatic rings. The van der Waals surface area contributed by atoms with Gasteiger partial charge in [0.1, 0.15) is 5.50 Å². The zero-order chi connectivity index (χ0) is 22.4. The summed E-state index contributed by atoms with van der Waals surface area (Å²) < 4.78 is 0. The van der Waals surface area contributed by atoms with Crippen molar-refractivity contribution in [2.45, 2.75) is 51.7 Å². The van der Waals surface area contributed by atoms with Gasteiger partial charge < -0.3 is 16.0 Å². The Morgan fingerprint density at radius 3 is 2.61 bits per heavy atom. The van der Waals surface area contributed by atoms with Crippen molar-refractivity contribution in [1.29, 1.82) is 0 Å². The molecule has 1 aromatic carbocycles. The van der Waals surface area contributed by atoms with E-state index in [-0.39, 0.29) is 42.4 Å². The zero-order valence-electron chi connectivity index (χ0n) is 17.9. The Labute approximate surface area is 190 Å². The van der Waals surface area contributed by atoms with Crippen LogP contribution in [-0.4, -0.2) is 35.0 Å². The summed E-state index contributed by atoms with van der Waals surface area (Å²) in [5.74, 6) is -0.181. The molecule has 166 valence electrons. The number of benzene rings is 1. The molecular formula is C22H28N4O3S2. The molecule has 7 nitrogen and oxygen atoms in total. The van der Waals surface area contributed by atoms with E-state index < -0.39 is 5.50 Å². The number of thiophene rings is 1. The van der Waals surface area contributed by atoms with Crippen LogP contribution in [0.1, 0.15) is 34.4 Å². The average molecular weight is 461 g/mol. The predicted octanol–water partition coefficient (Wildman–Crippen LogP) is 2.81. The Morgan fingerprint density at radius 1 is 1.19 bits per heavy atom. The van der Waals surface area contributed by atoms with Crippen molar-refractivity contribution < 1.29 is 14.4 Å². The molecule has 1 aliphatic rings. The van der Waals surface area contributed by atoms with Gasteiger partial charge in [-0.05, 0) is 43.3 Å². The van der Waals surface area contributed by atoms with Crippen molar-refractivity contribution in [1.82, 2.24) is 16.0 Å². The minimum Gasteiger partial charge on any atom is -0.351 e. The van der Waals surface area contributed by atoms with E-state index in [1.165, 1.54) is 11.8 Å². The molecule has 3 amide bonds. The van der Waals surface area contributed by atoms with Crippen molar-refractivity contribution in [3.05, 3.63) is 51.2 Å². The second-order valence-corrected chi connectivity index (χ2v) is 9.83. The van der Waals surface area contributed by atoms with Crippen LogP contribution in [0.25, 0.3) is 0 Å². The van der Waals surface area contributed by atoms with Crippen LogP contribution in [0.2, 0.25) is 0 Å². The van der Waals surface area contributed by atoms with Gasteiger partial charge in [0, 0.05) is 29.4 Å². The summed E-state index contributed by atoms with van der Waals surface area (Å²) in [6.45, 7) is 6.46. The smallest absolute Gasteiger partial charge is 0.234 e. The van der Waals surface area contributed by atoms with E-state index >= 15 is 0 Å². The predicted molar refractivity (Wildman–Crippen MR) is 126 cm³/mol. The van der Waals surface area contributed by atoms with Gasteiger partial charge in [-0.2, -0.15) is 0 Å². The molecule has 4 N–H and O–H groups in total. The first-order chi connectivity index (χ1) is 14.8. The number of thioether (sulfide) groups is 1. The Hall–Kier alpha value is -2.36. The van der Waals surface area contributed by atoms with Gasteiger partial charge in [0.15, 0.2) is 0 Å². The van der Waals surface area contributed by atoms with Crippen LogP contribution in [0.3, 0.4) is 0 Å². The number of nitrogens with one attached hydrogen (secondary N) is 4.